The molecule has 2 saturated heterocycles. The molecule has 0 saturated carbocycles. The van der Waals surface area contributed by atoms with E-state index >= 15 is 0 Å². The zero-order valence-electron chi connectivity index (χ0n) is 31.0. The van der Waals surface area contributed by atoms with Crippen molar-refractivity contribution in [3.8, 4) is 34.8 Å². The van der Waals surface area contributed by atoms with E-state index in [2.05, 4.69) is 18.0 Å². The number of alkyl carbamates (subject to hydrolysis) is 1. The first-order valence-corrected chi connectivity index (χ1v) is 19.8. The summed E-state index contributed by atoms with van der Waals surface area (Å²) in [7, 11) is 1.40. The van der Waals surface area contributed by atoms with Crippen LogP contribution in [0.4, 0.5) is 9.59 Å². The number of alkyl halides is 3. The molecule has 6 aliphatic rings. The maximum atomic E-state index is 14.4. The number of thioether (sulfide) groups is 1. The smallest absolute Gasteiger partial charge is 0.410 e. The molecule has 1 unspecified atom stereocenters. The summed E-state index contributed by atoms with van der Waals surface area (Å²) in [5.41, 5.74) is 2.87. The average molecular weight is 868 g/mol. The third-order valence-corrected chi connectivity index (χ3v) is 12.3. The number of halogens is 3. The number of piperazine rings is 1. The molecule has 2 aromatic carbocycles. The predicted octanol–water partition coefficient (Wildman–Crippen LogP) is 5.39. The van der Waals surface area contributed by atoms with Gasteiger partial charge in [0.05, 0.1) is 42.6 Å². The first-order valence-electron chi connectivity index (χ1n) is 17.7. The Labute approximate surface area is 346 Å². The molecule has 6 aliphatic heterocycles. The van der Waals surface area contributed by atoms with Crippen LogP contribution in [-0.4, -0.2) is 106 Å². The Bertz CT molecular complexity index is 2090. The Morgan fingerprint density at radius 1 is 1.14 bits per heavy atom. The van der Waals surface area contributed by atoms with E-state index in [0.29, 0.717) is 44.9 Å². The van der Waals surface area contributed by atoms with Crippen molar-refractivity contribution in [3.05, 3.63) is 52.1 Å². The number of phenolic OH excluding ortho intramolecular Hbond substituents is 1. The molecule has 4 bridgehead atoms. The van der Waals surface area contributed by atoms with Crippen LogP contribution in [0.3, 0.4) is 0 Å². The van der Waals surface area contributed by atoms with Gasteiger partial charge in [0.1, 0.15) is 37.7 Å². The van der Waals surface area contributed by atoms with Crippen LogP contribution in [0, 0.1) is 25.2 Å². The van der Waals surface area contributed by atoms with Crippen molar-refractivity contribution in [2.45, 2.75) is 72.5 Å². The second-order valence-electron chi connectivity index (χ2n) is 13.9. The van der Waals surface area contributed by atoms with Crippen LogP contribution in [0.15, 0.2) is 18.7 Å². The van der Waals surface area contributed by atoms with E-state index in [-0.39, 0.29) is 42.8 Å². The minimum Gasteiger partial charge on any atom is -0.504 e. The van der Waals surface area contributed by atoms with Gasteiger partial charge >= 0.3 is 24.1 Å². The molecule has 7 atom stereocenters. The SMILES string of the molecule is C=CCOC(=O)N[C@H]1CS[C@@H]2c3c(OC(C)=O)c(C)c4c(c3[C@H](COC1=O)N1[C@@H]2[C@@H]2c3c(cc(C)c(OC)c3O)CC([C@@H]1C#N)N2C(=O)OCC(Cl)(Cl)Cl)OCO4. The molecule has 0 aromatic heterocycles. The van der Waals surface area contributed by atoms with E-state index in [1.54, 1.807) is 13.8 Å². The molecule has 6 heterocycles. The Balaban J connectivity index is 1.52. The first kappa shape index (κ1) is 40.7. The number of nitriles is 1. The normalized spacial score (nSPS) is 25.8. The maximum absolute atomic E-state index is 14.4. The zero-order chi connectivity index (χ0) is 41.1. The van der Waals surface area contributed by atoms with Crippen LogP contribution in [0.2, 0.25) is 0 Å². The number of carbonyl (C=O) groups is 4. The van der Waals surface area contributed by atoms with E-state index in [1.807, 2.05) is 11.0 Å². The quantitative estimate of drug-likeness (QED) is 0.123. The third-order valence-electron chi connectivity index (χ3n) is 10.5. The molecular weight excluding hydrogens is 831 g/mol. The number of fused-ring (bicyclic) bond motifs is 10. The number of nitrogens with zero attached hydrogens (tertiary/aromatic N) is 3. The van der Waals surface area contributed by atoms with E-state index in [0.717, 1.165) is 11.8 Å². The first-order chi connectivity index (χ1) is 27.1. The summed E-state index contributed by atoms with van der Waals surface area (Å²) < 4.78 is 38.3. The van der Waals surface area contributed by atoms with Gasteiger partial charge in [0, 0.05) is 34.9 Å². The lowest BCUT2D eigenvalue weighted by Gasteiger charge is -2.61. The van der Waals surface area contributed by atoms with Gasteiger partial charge in [-0.1, -0.05) is 53.5 Å². The topological polar surface area (TPSA) is 195 Å². The van der Waals surface area contributed by atoms with E-state index in [1.165, 1.54) is 25.0 Å². The fourth-order valence-electron chi connectivity index (χ4n) is 8.60. The van der Waals surface area contributed by atoms with Gasteiger partial charge in [0.15, 0.2) is 23.0 Å². The van der Waals surface area contributed by atoms with Gasteiger partial charge in [0.2, 0.25) is 10.6 Å². The van der Waals surface area contributed by atoms with Crippen molar-refractivity contribution >= 4 is 70.7 Å². The van der Waals surface area contributed by atoms with Crippen molar-refractivity contribution in [3.63, 3.8) is 0 Å². The number of nitrogens with one attached hydrogen (secondary N) is 1. The summed E-state index contributed by atoms with van der Waals surface area (Å²) in [6.07, 6.45) is -0.386. The van der Waals surface area contributed by atoms with Crippen molar-refractivity contribution in [1.82, 2.24) is 15.1 Å². The van der Waals surface area contributed by atoms with E-state index in [9.17, 15) is 29.5 Å². The van der Waals surface area contributed by atoms with Crippen LogP contribution < -0.4 is 24.3 Å². The number of esters is 2. The Kier molecular flexibility index (Phi) is 11.2. The number of aromatic hydroxyl groups is 1. The number of aryl methyl sites for hydroxylation is 1. The largest absolute Gasteiger partial charge is 0.504 e. The average Bonchev–Trinajstić information content (AvgIpc) is 3.65. The molecular formula is C37H37Cl3N4O12S. The molecule has 2 N–H and O–H groups in total. The van der Waals surface area contributed by atoms with Crippen molar-refractivity contribution in [2.75, 3.05) is 39.5 Å². The van der Waals surface area contributed by atoms with Crippen LogP contribution in [-0.2, 0) is 30.2 Å². The molecule has 0 spiro atoms. The van der Waals surface area contributed by atoms with Crippen LogP contribution in [0.1, 0.15) is 57.6 Å². The summed E-state index contributed by atoms with van der Waals surface area (Å²) in [5.74, 6) is -0.929. The lowest BCUT2D eigenvalue weighted by Crippen LogP contribution is -2.71. The summed E-state index contributed by atoms with van der Waals surface area (Å²) in [5, 5.41) is 24.9. The molecule has 0 radical (unpaired) electrons. The molecule has 2 aromatic rings. The fraction of sp³-hybridized carbons (Fsp3) is 0.486. The highest BCUT2D eigenvalue weighted by Crippen LogP contribution is 2.64. The molecule has 2 fully saturated rings. The molecule has 8 rings (SSSR count). The zero-order valence-corrected chi connectivity index (χ0v) is 34.1. The maximum Gasteiger partial charge on any atom is 0.410 e. The highest BCUT2D eigenvalue weighted by atomic mass is 35.6. The Morgan fingerprint density at radius 2 is 1.88 bits per heavy atom. The van der Waals surface area contributed by atoms with Gasteiger partial charge in [-0.15, -0.1) is 11.8 Å². The molecule has 57 heavy (non-hydrogen) atoms. The molecule has 20 heteroatoms. The molecule has 2 amide bonds. The second kappa shape index (κ2) is 15.7. The number of hydrogen-bond acceptors (Lipinski definition) is 15. The Hall–Kier alpha value is -4.47. The van der Waals surface area contributed by atoms with Gasteiger partial charge in [0.25, 0.3) is 0 Å². The van der Waals surface area contributed by atoms with Crippen LogP contribution in [0.25, 0.3) is 0 Å². The number of ether oxygens (including phenoxy) is 7. The minimum absolute atomic E-state index is 0.0782. The van der Waals surface area contributed by atoms with Gasteiger partial charge in [-0.2, -0.15) is 5.26 Å². The van der Waals surface area contributed by atoms with Gasteiger partial charge in [-0.25, -0.2) is 14.4 Å². The second-order valence-corrected chi connectivity index (χ2v) is 17.6. The summed E-state index contributed by atoms with van der Waals surface area (Å²) in [6.45, 7) is 6.92. The molecule has 304 valence electrons. The number of phenols is 1. The molecule has 16 nitrogen and oxygen atoms in total. The standard InChI is InChI=1S/C37H37Cl3N4O12S/c1-6-7-51-35(48)42-19-12-57-33-25-24(32-31(54-14-55-32)16(3)30(25)56-17(4)45)22(11-52-34(19)47)43-21(10-41)20-9-18-8-15(2)29(50-5)28(46)23(18)26(27(33)43)44(20)36(49)53-13-37(38,39)40/h6,8,19-22,26-27,33,46H,1,7,9,11-14H2,2-5H3,(H,42,48)/t19-,20?,21-,22-,26-,27+,33+/m0/s1. The van der Waals surface area contributed by atoms with Crippen molar-refractivity contribution in [2.24, 2.45) is 0 Å². The summed E-state index contributed by atoms with van der Waals surface area (Å²) >= 11 is 19.2. The number of carbonyl (C=O) groups excluding carboxylic acids is 4. The number of methoxy groups -OCH3 is 1. The van der Waals surface area contributed by atoms with E-state index < -0.39 is 82.6 Å². The lowest BCUT2D eigenvalue weighted by molar-refractivity contribution is -0.151. The van der Waals surface area contributed by atoms with Gasteiger partial charge in [-0.05, 0) is 31.4 Å². The number of benzene rings is 2. The van der Waals surface area contributed by atoms with Crippen molar-refractivity contribution < 1.29 is 57.4 Å². The van der Waals surface area contributed by atoms with E-state index in [4.69, 9.17) is 68.0 Å². The number of rotatable bonds is 6. The highest BCUT2D eigenvalue weighted by Gasteiger charge is 2.63. The molecule has 0 aliphatic carbocycles. The monoisotopic (exact) mass is 866 g/mol. The number of amides is 2. The number of hydrogen-bond donors (Lipinski definition) is 2. The third kappa shape index (κ3) is 7.09. The van der Waals surface area contributed by atoms with Crippen LogP contribution in [0.5, 0.6) is 28.7 Å². The Morgan fingerprint density at radius 3 is 2.54 bits per heavy atom. The minimum atomic E-state index is -1.98. The van der Waals surface area contributed by atoms with Gasteiger partial charge < -0.3 is 43.6 Å². The van der Waals surface area contributed by atoms with Crippen molar-refractivity contribution in [1.29, 1.82) is 5.26 Å². The predicted molar refractivity (Wildman–Crippen MR) is 204 cm³/mol. The lowest BCUT2D eigenvalue weighted by atomic mass is 9.71. The summed E-state index contributed by atoms with van der Waals surface area (Å²) in [4.78, 5) is 57.1. The fourth-order valence-corrected chi connectivity index (χ4v) is 10.3. The summed E-state index contributed by atoms with van der Waals surface area (Å²) in [6, 6.07) is -2.16. The highest BCUT2D eigenvalue weighted by molar-refractivity contribution is 7.99. The van der Waals surface area contributed by atoms with Crippen LogP contribution >= 0.6 is 46.6 Å². The van der Waals surface area contributed by atoms with Gasteiger partial charge in [-0.3, -0.25) is 14.6 Å².